The van der Waals surface area contributed by atoms with Gasteiger partial charge >= 0.3 is 6.09 Å². The second-order valence-corrected chi connectivity index (χ2v) is 6.19. The molecule has 0 N–H and O–H groups in total. The molecule has 2 aliphatic heterocycles. The Morgan fingerprint density at radius 1 is 1.44 bits per heavy atom. The fourth-order valence-electron chi connectivity index (χ4n) is 3.15. The van der Waals surface area contributed by atoms with Crippen LogP contribution < -0.4 is 0 Å². The molecular formula is C12H17N3O3. The molecule has 0 radical (unpaired) electrons. The van der Waals surface area contributed by atoms with Crippen LogP contribution in [0.3, 0.4) is 0 Å². The Morgan fingerprint density at radius 2 is 2.17 bits per heavy atom. The summed E-state index contributed by atoms with van der Waals surface area (Å²) in [5.74, 6) is 0.00602. The lowest BCUT2D eigenvalue weighted by molar-refractivity contribution is -0.135. The van der Waals surface area contributed by atoms with Crippen LogP contribution in [0.5, 0.6) is 0 Å². The van der Waals surface area contributed by atoms with E-state index in [9.17, 15) is 9.59 Å². The number of hydrogen-bond acceptors (Lipinski definition) is 5. The van der Waals surface area contributed by atoms with Crippen molar-refractivity contribution in [2.45, 2.75) is 44.9 Å². The molecule has 2 fully saturated rings. The van der Waals surface area contributed by atoms with Crippen molar-refractivity contribution in [3.05, 3.63) is 0 Å². The molecule has 6 heteroatoms. The Kier molecular flexibility index (Phi) is 2.27. The molecule has 3 aliphatic rings. The number of hydrogen-bond donors (Lipinski definition) is 0. The van der Waals surface area contributed by atoms with E-state index >= 15 is 0 Å². The first-order valence-corrected chi connectivity index (χ1v) is 6.31. The zero-order chi connectivity index (χ0) is 13.1. The summed E-state index contributed by atoms with van der Waals surface area (Å²) in [4.78, 5) is 25.5. The van der Waals surface area contributed by atoms with Crippen molar-refractivity contribution in [1.29, 1.82) is 0 Å². The number of carbonyl (C=O) groups is 2. The lowest BCUT2D eigenvalue weighted by atomic mass is 9.91. The molecule has 4 atom stereocenters. The van der Waals surface area contributed by atoms with Crippen molar-refractivity contribution in [3.63, 3.8) is 0 Å². The number of rotatable bonds is 0. The van der Waals surface area contributed by atoms with Crippen molar-refractivity contribution in [2.24, 2.45) is 22.1 Å². The summed E-state index contributed by atoms with van der Waals surface area (Å²) in [6.07, 6.45) is 0.174. The number of azo groups is 1. The van der Waals surface area contributed by atoms with Gasteiger partial charge in [0.05, 0.1) is 18.6 Å². The number of fused-ring (bicyclic) bond motifs is 5. The molecule has 98 valence electrons. The van der Waals surface area contributed by atoms with Crippen LogP contribution in [0.15, 0.2) is 10.2 Å². The lowest BCUT2D eigenvalue weighted by Crippen LogP contribution is -2.51. The summed E-state index contributed by atoms with van der Waals surface area (Å²) in [5.41, 5.74) is -0.588. The van der Waals surface area contributed by atoms with Gasteiger partial charge in [-0.2, -0.15) is 10.2 Å². The number of amides is 2. The van der Waals surface area contributed by atoms with E-state index in [4.69, 9.17) is 4.74 Å². The molecule has 0 aromatic rings. The van der Waals surface area contributed by atoms with Gasteiger partial charge in [-0.25, -0.2) is 9.69 Å². The molecule has 2 amide bonds. The Balaban J connectivity index is 1.80. The number of imide groups is 1. The van der Waals surface area contributed by atoms with E-state index in [1.54, 1.807) is 20.8 Å². The lowest BCUT2D eigenvalue weighted by Gasteiger charge is -2.32. The Bertz CT molecular complexity index is 440. The smallest absolute Gasteiger partial charge is 0.417 e. The normalized spacial score (nSPS) is 37.3. The van der Waals surface area contributed by atoms with Crippen LogP contribution in [-0.4, -0.2) is 41.1 Å². The van der Waals surface area contributed by atoms with Crippen LogP contribution in [-0.2, 0) is 9.53 Å². The third-order valence-electron chi connectivity index (χ3n) is 3.83. The van der Waals surface area contributed by atoms with Crippen LogP contribution in [0.25, 0.3) is 0 Å². The number of nitrogens with zero attached hydrogens (tertiary/aromatic N) is 3. The predicted molar refractivity (Wildman–Crippen MR) is 62.0 cm³/mol. The number of carbonyl (C=O) groups excluding carboxylic acids is 2. The maximum Gasteiger partial charge on any atom is 0.417 e. The van der Waals surface area contributed by atoms with Gasteiger partial charge in [0.1, 0.15) is 5.60 Å². The summed E-state index contributed by atoms with van der Waals surface area (Å²) in [6, 6.07) is -0.145. The monoisotopic (exact) mass is 251 g/mol. The molecule has 1 saturated carbocycles. The van der Waals surface area contributed by atoms with Crippen LogP contribution in [0.2, 0.25) is 0 Å². The molecule has 2 bridgehead atoms. The Morgan fingerprint density at radius 3 is 2.83 bits per heavy atom. The highest BCUT2D eigenvalue weighted by atomic mass is 16.6. The molecular weight excluding hydrogens is 234 g/mol. The maximum atomic E-state index is 12.2. The second kappa shape index (κ2) is 3.52. The van der Waals surface area contributed by atoms with E-state index in [0.29, 0.717) is 13.0 Å². The minimum absolute atomic E-state index is 0.000202. The number of likely N-dealkylation sites (tertiary alicyclic amines) is 1. The topological polar surface area (TPSA) is 71.3 Å². The van der Waals surface area contributed by atoms with E-state index in [-0.39, 0.29) is 29.8 Å². The average Bonchev–Trinajstić information content (AvgIpc) is 2.82. The highest BCUT2D eigenvalue weighted by Gasteiger charge is 2.61. The molecule has 0 aromatic heterocycles. The first-order chi connectivity index (χ1) is 8.38. The number of piperidine rings is 1. The summed E-state index contributed by atoms with van der Waals surface area (Å²) in [7, 11) is 0. The zero-order valence-corrected chi connectivity index (χ0v) is 10.8. The first-order valence-electron chi connectivity index (χ1n) is 6.31. The van der Waals surface area contributed by atoms with Crippen molar-refractivity contribution in [1.82, 2.24) is 4.90 Å². The summed E-state index contributed by atoms with van der Waals surface area (Å²) in [5, 5.41) is 8.17. The largest absolute Gasteiger partial charge is 0.443 e. The molecule has 2 heterocycles. The number of ether oxygens (including phenoxy) is 1. The highest BCUT2D eigenvalue weighted by molar-refractivity contribution is 5.97. The standard InChI is InChI=1S/C12H17N3O3/c1-12(2,3)18-11(17)15-8-4-6(10(15)16)7-5-13-14-9(7)8/h6-9H,4-5H2,1-3H3/t6-,7+,8+,9+/m0/s1. The van der Waals surface area contributed by atoms with Gasteiger partial charge in [-0.05, 0) is 27.2 Å². The molecule has 3 rings (SSSR count). The quantitative estimate of drug-likeness (QED) is 0.656. The maximum absolute atomic E-state index is 12.2. The molecule has 0 spiro atoms. The van der Waals surface area contributed by atoms with Crippen molar-refractivity contribution < 1.29 is 14.3 Å². The summed E-state index contributed by atoms with van der Waals surface area (Å²) < 4.78 is 5.29. The van der Waals surface area contributed by atoms with Crippen LogP contribution in [0.4, 0.5) is 4.79 Å². The van der Waals surface area contributed by atoms with Gasteiger partial charge in [-0.1, -0.05) is 0 Å². The molecule has 0 aromatic carbocycles. The van der Waals surface area contributed by atoms with Gasteiger partial charge in [0.2, 0.25) is 5.91 Å². The van der Waals surface area contributed by atoms with Crippen molar-refractivity contribution >= 4 is 12.0 Å². The van der Waals surface area contributed by atoms with E-state index < -0.39 is 11.7 Å². The third-order valence-corrected chi connectivity index (χ3v) is 3.83. The Hall–Kier alpha value is -1.46. The highest BCUT2D eigenvalue weighted by Crippen LogP contribution is 2.47. The zero-order valence-electron chi connectivity index (χ0n) is 10.8. The predicted octanol–water partition coefficient (Wildman–Crippen LogP) is 1.60. The summed E-state index contributed by atoms with van der Waals surface area (Å²) in [6.45, 7) is 6.01. The van der Waals surface area contributed by atoms with Gasteiger partial charge in [0.15, 0.2) is 0 Å². The van der Waals surface area contributed by atoms with Gasteiger partial charge in [0, 0.05) is 11.8 Å². The summed E-state index contributed by atoms with van der Waals surface area (Å²) >= 11 is 0. The first kappa shape index (κ1) is 11.6. The van der Waals surface area contributed by atoms with Crippen LogP contribution in [0, 0.1) is 11.8 Å². The molecule has 18 heavy (non-hydrogen) atoms. The van der Waals surface area contributed by atoms with E-state index in [1.165, 1.54) is 4.90 Å². The second-order valence-electron chi connectivity index (χ2n) is 6.19. The van der Waals surface area contributed by atoms with Crippen LogP contribution >= 0.6 is 0 Å². The molecule has 1 saturated heterocycles. The minimum atomic E-state index is -0.588. The average molecular weight is 251 g/mol. The van der Waals surface area contributed by atoms with E-state index in [2.05, 4.69) is 10.2 Å². The molecule has 6 nitrogen and oxygen atoms in total. The fraction of sp³-hybridized carbons (Fsp3) is 0.833. The van der Waals surface area contributed by atoms with Crippen molar-refractivity contribution in [3.8, 4) is 0 Å². The Labute approximate surface area is 105 Å². The van der Waals surface area contributed by atoms with Gasteiger partial charge in [0.25, 0.3) is 0 Å². The van der Waals surface area contributed by atoms with E-state index in [1.807, 2.05) is 0 Å². The minimum Gasteiger partial charge on any atom is -0.443 e. The molecule has 0 unspecified atom stereocenters. The fourth-order valence-corrected chi connectivity index (χ4v) is 3.15. The van der Waals surface area contributed by atoms with Crippen LogP contribution in [0.1, 0.15) is 27.2 Å². The molecule has 1 aliphatic carbocycles. The van der Waals surface area contributed by atoms with Crippen molar-refractivity contribution in [2.75, 3.05) is 6.54 Å². The third kappa shape index (κ3) is 1.54. The van der Waals surface area contributed by atoms with E-state index in [0.717, 1.165) is 0 Å². The SMILES string of the molecule is CC(C)(C)OC(=O)N1C(=O)[C@H]2C[C@@H]1[C@@H]1N=NC[C@@H]12. The van der Waals surface area contributed by atoms with Gasteiger partial charge in [-0.3, -0.25) is 4.79 Å². The van der Waals surface area contributed by atoms with Gasteiger partial charge in [-0.15, -0.1) is 0 Å². The van der Waals surface area contributed by atoms with Gasteiger partial charge < -0.3 is 4.74 Å².